The highest BCUT2D eigenvalue weighted by atomic mass is 35.5. The number of hydrogen-bond acceptors (Lipinski definition) is 5. The largest absolute Gasteiger partial charge is 0.507 e. The van der Waals surface area contributed by atoms with Gasteiger partial charge in [0.2, 0.25) is 0 Å². The maximum Gasteiger partial charge on any atom is 0.332 e. The number of imidazole rings is 1. The fraction of sp³-hybridized carbons (Fsp3) is 0.267. The normalized spacial score (nSPS) is 18.6. The molecule has 7 rings (SSSR count). The van der Waals surface area contributed by atoms with Gasteiger partial charge in [0.15, 0.2) is 0 Å². The molecule has 8 nitrogen and oxygen atoms in total. The molecule has 4 heterocycles. The molecule has 0 radical (unpaired) electrons. The molecule has 2 aliphatic heterocycles. The molecule has 40 heavy (non-hydrogen) atoms. The molecule has 2 saturated heterocycles. The van der Waals surface area contributed by atoms with Crippen molar-refractivity contribution in [3.63, 3.8) is 0 Å². The molecule has 204 valence electrons. The second-order valence-corrected chi connectivity index (χ2v) is 11.2. The van der Waals surface area contributed by atoms with Crippen molar-refractivity contribution in [1.29, 1.82) is 0 Å². The first-order valence-electron chi connectivity index (χ1n) is 13.3. The molecule has 3 aromatic carbocycles. The zero-order valence-corrected chi connectivity index (χ0v) is 22.9. The van der Waals surface area contributed by atoms with Gasteiger partial charge in [-0.2, -0.15) is 5.10 Å². The number of benzene rings is 3. The van der Waals surface area contributed by atoms with Crippen LogP contribution in [0, 0.1) is 5.82 Å². The highest BCUT2D eigenvalue weighted by molar-refractivity contribution is 6.32. The van der Waals surface area contributed by atoms with Crippen molar-refractivity contribution in [3.8, 4) is 33.7 Å². The molecule has 0 aliphatic carbocycles. The third-order valence-electron chi connectivity index (χ3n) is 8.25. The fourth-order valence-electron chi connectivity index (χ4n) is 6.20. The average molecular weight is 559 g/mol. The van der Waals surface area contributed by atoms with Crippen LogP contribution in [-0.2, 0) is 14.1 Å². The van der Waals surface area contributed by atoms with Crippen LogP contribution in [0.15, 0.2) is 65.8 Å². The van der Waals surface area contributed by atoms with Crippen LogP contribution in [-0.4, -0.2) is 49.2 Å². The van der Waals surface area contributed by atoms with Crippen molar-refractivity contribution in [2.24, 2.45) is 14.1 Å². The van der Waals surface area contributed by atoms with Gasteiger partial charge in [-0.3, -0.25) is 9.25 Å². The number of aromatic nitrogens is 4. The lowest BCUT2D eigenvalue weighted by atomic mass is 9.95. The minimum absolute atomic E-state index is 0.0463. The van der Waals surface area contributed by atoms with E-state index in [1.54, 1.807) is 42.3 Å². The molecule has 0 saturated carbocycles. The van der Waals surface area contributed by atoms with Crippen LogP contribution in [0.1, 0.15) is 12.8 Å². The predicted molar refractivity (Wildman–Crippen MR) is 155 cm³/mol. The molecule has 0 spiro atoms. The van der Waals surface area contributed by atoms with Gasteiger partial charge in [0.05, 0.1) is 22.4 Å². The van der Waals surface area contributed by atoms with Crippen molar-refractivity contribution in [2.75, 3.05) is 18.0 Å². The van der Waals surface area contributed by atoms with Gasteiger partial charge in [0, 0.05) is 73.9 Å². The quantitative estimate of drug-likeness (QED) is 0.330. The molecule has 2 aromatic heterocycles. The van der Waals surface area contributed by atoms with E-state index in [0.717, 1.165) is 42.5 Å². The monoisotopic (exact) mass is 558 g/mol. The third-order valence-corrected chi connectivity index (χ3v) is 8.56. The van der Waals surface area contributed by atoms with Gasteiger partial charge in [0.25, 0.3) is 0 Å². The lowest BCUT2D eigenvalue weighted by Crippen LogP contribution is -2.51. The number of aromatic hydroxyl groups is 1. The smallest absolute Gasteiger partial charge is 0.332 e. The number of fused-ring (bicyclic) bond motifs is 3. The van der Waals surface area contributed by atoms with Crippen LogP contribution in [0.2, 0.25) is 5.02 Å². The van der Waals surface area contributed by atoms with Crippen LogP contribution < -0.4 is 15.9 Å². The Morgan fingerprint density at radius 1 is 0.975 bits per heavy atom. The number of halogens is 2. The molecule has 2 unspecified atom stereocenters. The molecule has 2 bridgehead atoms. The second kappa shape index (κ2) is 9.25. The Kier molecular flexibility index (Phi) is 5.76. The Bertz CT molecular complexity index is 1850. The van der Waals surface area contributed by atoms with Crippen LogP contribution in [0.3, 0.4) is 0 Å². The van der Waals surface area contributed by atoms with E-state index < -0.39 is 5.82 Å². The first-order chi connectivity index (χ1) is 19.3. The average Bonchev–Trinajstić information content (AvgIpc) is 3.60. The molecule has 2 atom stereocenters. The summed E-state index contributed by atoms with van der Waals surface area (Å²) in [6.45, 7) is 1.78. The molecular formula is C30H28ClFN6O2. The van der Waals surface area contributed by atoms with Gasteiger partial charge in [-0.25, -0.2) is 9.18 Å². The predicted octanol–water partition coefficient (Wildman–Crippen LogP) is 4.84. The van der Waals surface area contributed by atoms with Crippen LogP contribution in [0.25, 0.3) is 38.8 Å². The first-order valence-corrected chi connectivity index (χ1v) is 13.7. The lowest BCUT2D eigenvalue weighted by molar-refractivity contribution is 0.466. The number of phenolic OH excluding ortho intramolecular Hbond substituents is 1. The fourth-order valence-corrected chi connectivity index (χ4v) is 6.47. The third kappa shape index (κ3) is 4.00. The van der Waals surface area contributed by atoms with Crippen molar-refractivity contribution in [2.45, 2.75) is 24.9 Å². The maximum atomic E-state index is 15.2. The maximum absolute atomic E-state index is 15.2. The Balaban J connectivity index is 1.34. The summed E-state index contributed by atoms with van der Waals surface area (Å²) in [4.78, 5) is 14.8. The number of anilines is 1. The number of rotatable bonds is 4. The van der Waals surface area contributed by atoms with Crippen LogP contribution in [0.5, 0.6) is 5.75 Å². The summed E-state index contributed by atoms with van der Waals surface area (Å²) in [7, 11) is 3.55. The van der Waals surface area contributed by atoms with E-state index in [4.69, 9.17) is 11.6 Å². The minimum Gasteiger partial charge on any atom is -0.507 e. The van der Waals surface area contributed by atoms with E-state index in [9.17, 15) is 9.90 Å². The van der Waals surface area contributed by atoms with Gasteiger partial charge >= 0.3 is 5.69 Å². The number of piperazine rings is 1. The van der Waals surface area contributed by atoms with E-state index >= 15 is 4.39 Å². The van der Waals surface area contributed by atoms with E-state index in [-0.39, 0.29) is 11.4 Å². The van der Waals surface area contributed by atoms with E-state index in [2.05, 4.69) is 15.3 Å². The van der Waals surface area contributed by atoms with E-state index in [1.807, 2.05) is 25.4 Å². The minimum atomic E-state index is -0.478. The molecular weight excluding hydrogens is 531 g/mol. The molecule has 2 N–H and O–H groups in total. The zero-order valence-electron chi connectivity index (χ0n) is 22.1. The Labute approximate surface area is 234 Å². The SMILES string of the molecule is Cn1ccn(-c2ccc(-c3cc(F)cc(-c4cc(N5CC6CCC(C5)N6)c5cnn(C)c5c4)c3O)cc2Cl)c1=O. The highest BCUT2D eigenvalue weighted by Gasteiger charge is 2.33. The van der Waals surface area contributed by atoms with Gasteiger partial charge in [0.1, 0.15) is 11.6 Å². The Morgan fingerprint density at radius 3 is 2.38 bits per heavy atom. The van der Waals surface area contributed by atoms with Gasteiger partial charge in [-0.1, -0.05) is 17.7 Å². The molecule has 2 aliphatic rings. The summed E-state index contributed by atoms with van der Waals surface area (Å²) < 4.78 is 19.8. The molecule has 10 heteroatoms. The summed E-state index contributed by atoms with van der Waals surface area (Å²) in [5.74, 6) is -0.524. The number of nitrogens with zero attached hydrogens (tertiary/aromatic N) is 5. The second-order valence-electron chi connectivity index (χ2n) is 10.8. The van der Waals surface area contributed by atoms with Crippen molar-refractivity contribution in [3.05, 3.63) is 82.4 Å². The van der Waals surface area contributed by atoms with Gasteiger partial charge in [-0.15, -0.1) is 0 Å². The zero-order chi connectivity index (χ0) is 27.7. The number of aryl methyl sites for hydroxylation is 2. The molecule has 0 amide bonds. The van der Waals surface area contributed by atoms with Gasteiger partial charge < -0.3 is 19.9 Å². The van der Waals surface area contributed by atoms with E-state index in [1.165, 1.54) is 21.3 Å². The summed E-state index contributed by atoms with van der Waals surface area (Å²) in [6, 6.07) is 12.6. The first kappa shape index (κ1) is 24.9. The Morgan fingerprint density at radius 2 is 1.70 bits per heavy atom. The summed E-state index contributed by atoms with van der Waals surface area (Å²) in [5, 5.41) is 21.0. The molecule has 2 fully saturated rings. The van der Waals surface area contributed by atoms with E-state index in [0.29, 0.717) is 45.0 Å². The summed E-state index contributed by atoms with van der Waals surface area (Å²) in [5.41, 5.74) is 4.15. The lowest BCUT2D eigenvalue weighted by Gasteiger charge is -2.35. The van der Waals surface area contributed by atoms with Crippen LogP contribution >= 0.6 is 11.6 Å². The number of nitrogens with one attached hydrogen (secondary N) is 1. The number of phenols is 1. The van der Waals surface area contributed by atoms with Gasteiger partial charge in [-0.05, 0) is 60.4 Å². The highest BCUT2D eigenvalue weighted by Crippen LogP contribution is 2.43. The summed E-state index contributed by atoms with van der Waals surface area (Å²) in [6.07, 6.45) is 7.47. The Hall–Kier alpha value is -4.08. The molecule has 5 aromatic rings. The standard InChI is InChI=1S/C30H28ClFN6O2/c1-35-7-8-38(30(35)40)26-6-3-17(9-25(26)31)22-12-19(32)13-23(29(22)39)18-10-27-24(14-33-36(27)2)28(11-18)37-15-20-4-5-21(16-37)34-20/h3,6-14,20-21,34,39H,4-5,15-16H2,1-2H3. The topological polar surface area (TPSA) is 80.2 Å². The van der Waals surface area contributed by atoms with Crippen molar-refractivity contribution in [1.82, 2.24) is 24.2 Å². The van der Waals surface area contributed by atoms with Crippen molar-refractivity contribution >= 4 is 28.2 Å². The van der Waals surface area contributed by atoms with Crippen LogP contribution in [0.4, 0.5) is 10.1 Å². The summed E-state index contributed by atoms with van der Waals surface area (Å²) >= 11 is 6.58. The number of hydrogen-bond donors (Lipinski definition) is 2. The van der Waals surface area contributed by atoms with Crippen molar-refractivity contribution < 1.29 is 9.50 Å².